The lowest BCUT2D eigenvalue weighted by atomic mass is 10.3. The second-order valence-corrected chi connectivity index (χ2v) is 4.33. The first-order valence-corrected chi connectivity index (χ1v) is 5.89. The van der Waals surface area contributed by atoms with Crippen LogP contribution in [0.3, 0.4) is 0 Å². The third kappa shape index (κ3) is 1.89. The monoisotopic (exact) mass is 256 g/mol. The van der Waals surface area contributed by atoms with E-state index in [0.717, 1.165) is 11.5 Å². The number of carbonyl (C=O) groups is 1. The van der Waals surface area contributed by atoms with Gasteiger partial charge in [0.15, 0.2) is 5.69 Å². The highest BCUT2D eigenvalue weighted by Crippen LogP contribution is 2.18. The molecular weight excluding hydrogens is 244 g/mol. The van der Waals surface area contributed by atoms with Crippen LogP contribution in [0.4, 0.5) is 0 Å². The van der Waals surface area contributed by atoms with Crippen LogP contribution >= 0.6 is 0 Å². The molecule has 3 heterocycles. The zero-order valence-electron chi connectivity index (χ0n) is 10.3. The molecule has 19 heavy (non-hydrogen) atoms. The van der Waals surface area contributed by atoms with Crippen molar-refractivity contribution in [2.75, 3.05) is 0 Å². The number of hydrogen-bond donors (Lipinski definition) is 1. The quantitative estimate of drug-likeness (QED) is 0.781. The summed E-state index contributed by atoms with van der Waals surface area (Å²) in [6.45, 7) is 1.92. The smallest absolute Gasteiger partial charge is 0.356 e. The Bertz CT molecular complexity index is 741. The number of nitrogens with zero attached hydrogens (tertiary/aromatic N) is 2. The maximum Gasteiger partial charge on any atom is 0.356 e. The highest BCUT2D eigenvalue weighted by atomic mass is 16.4. The van der Waals surface area contributed by atoms with E-state index in [1.54, 1.807) is 18.4 Å². The molecule has 0 aliphatic heterocycles. The third-order valence-corrected chi connectivity index (χ3v) is 3.04. The summed E-state index contributed by atoms with van der Waals surface area (Å²) in [5.41, 5.74) is 1.62. The summed E-state index contributed by atoms with van der Waals surface area (Å²) in [5, 5.41) is 9.21. The van der Waals surface area contributed by atoms with Gasteiger partial charge >= 0.3 is 5.97 Å². The van der Waals surface area contributed by atoms with E-state index in [9.17, 15) is 9.90 Å². The first-order valence-electron chi connectivity index (χ1n) is 5.89. The van der Waals surface area contributed by atoms with Gasteiger partial charge in [-0.3, -0.25) is 4.40 Å². The summed E-state index contributed by atoms with van der Waals surface area (Å²) >= 11 is 0. The Kier molecular flexibility index (Phi) is 2.59. The normalized spacial score (nSPS) is 11.0. The Balaban J connectivity index is 2.21. The molecule has 5 nitrogen and oxygen atoms in total. The molecule has 0 radical (unpaired) electrons. The van der Waals surface area contributed by atoms with Crippen LogP contribution in [0.1, 0.15) is 27.8 Å². The number of pyridine rings is 1. The van der Waals surface area contributed by atoms with Crippen LogP contribution in [0, 0.1) is 6.92 Å². The molecule has 96 valence electrons. The highest BCUT2D eigenvalue weighted by molar-refractivity contribution is 5.93. The number of carboxylic acid groups (broad SMARTS) is 1. The van der Waals surface area contributed by atoms with Gasteiger partial charge in [-0.15, -0.1) is 0 Å². The number of rotatable bonds is 3. The lowest BCUT2D eigenvalue weighted by Crippen LogP contribution is -1.98. The SMILES string of the molecule is Cc1cccc2c(C(=O)O)nc(Cc3ccco3)n12. The Labute approximate surface area is 109 Å². The number of carboxylic acids is 1. The number of hydrogen-bond acceptors (Lipinski definition) is 3. The van der Waals surface area contributed by atoms with Crippen molar-refractivity contribution in [3.63, 3.8) is 0 Å². The molecule has 0 saturated heterocycles. The molecule has 0 aromatic carbocycles. The molecule has 5 heteroatoms. The summed E-state index contributed by atoms with van der Waals surface area (Å²) in [6.07, 6.45) is 2.06. The predicted octanol–water partition coefficient (Wildman–Crippen LogP) is 2.52. The predicted molar refractivity (Wildman–Crippen MR) is 68.4 cm³/mol. The van der Waals surface area contributed by atoms with Crippen molar-refractivity contribution in [2.45, 2.75) is 13.3 Å². The highest BCUT2D eigenvalue weighted by Gasteiger charge is 2.18. The minimum absolute atomic E-state index is 0.0743. The number of aromatic carboxylic acids is 1. The summed E-state index contributed by atoms with van der Waals surface area (Å²) in [5.74, 6) is 0.404. The maximum absolute atomic E-state index is 11.2. The summed E-state index contributed by atoms with van der Waals surface area (Å²) in [4.78, 5) is 15.5. The molecule has 3 aromatic rings. The average Bonchev–Trinajstić information content (AvgIpc) is 2.98. The molecule has 0 saturated carbocycles. The molecule has 3 aromatic heterocycles. The lowest BCUT2D eigenvalue weighted by molar-refractivity contribution is 0.0693. The molecular formula is C14H12N2O3. The van der Waals surface area contributed by atoms with Crippen molar-refractivity contribution < 1.29 is 14.3 Å². The van der Waals surface area contributed by atoms with Crippen molar-refractivity contribution in [1.82, 2.24) is 9.38 Å². The second-order valence-electron chi connectivity index (χ2n) is 4.33. The summed E-state index contributed by atoms with van der Waals surface area (Å²) in [7, 11) is 0. The fraction of sp³-hybridized carbons (Fsp3) is 0.143. The summed E-state index contributed by atoms with van der Waals surface area (Å²) < 4.78 is 7.15. The largest absolute Gasteiger partial charge is 0.476 e. The third-order valence-electron chi connectivity index (χ3n) is 3.04. The zero-order chi connectivity index (χ0) is 13.4. The Morgan fingerprint density at radius 2 is 2.21 bits per heavy atom. The van der Waals surface area contributed by atoms with Crippen LogP contribution in [0.15, 0.2) is 41.0 Å². The van der Waals surface area contributed by atoms with Gasteiger partial charge in [0.2, 0.25) is 0 Å². The van der Waals surface area contributed by atoms with E-state index < -0.39 is 5.97 Å². The Morgan fingerprint density at radius 3 is 2.89 bits per heavy atom. The fourth-order valence-corrected chi connectivity index (χ4v) is 2.23. The van der Waals surface area contributed by atoms with Gasteiger partial charge in [0.1, 0.15) is 11.6 Å². The number of furan rings is 1. The van der Waals surface area contributed by atoms with E-state index >= 15 is 0 Å². The van der Waals surface area contributed by atoms with Gasteiger partial charge in [-0.2, -0.15) is 0 Å². The molecule has 0 amide bonds. The molecule has 0 bridgehead atoms. The molecule has 0 aliphatic rings. The molecule has 0 atom stereocenters. The topological polar surface area (TPSA) is 67.7 Å². The molecule has 0 aliphatic carbocycles. The molecule has 1 N–H and O–H groups in total. The van der Waals surface area contributed by atoms with Crippen molar-refractivity contribution >= 4 is 11.5 Å². The minimum Gasteiger partial charge on any atom is -0.476 e. The van der Waals surface area contributed by atoms with E-state index in [4.69, 9.17) is 4.42 Å². The fourth-order valence-electron chi connectivity index (χ4n) is 2.23. The lowest BCUT2D eigenvalue weighted by Gasteiger charge is -2.03. The number of imidazole rings is 1. The Hall–Kier alpha value is -2.56. The first-order chi connectivity index (χ1) is 9.16. The maximum atomic E-state index is 11.2. The van der Waals surface area contributed by atoms with E-state index in [2.05, 4.69) is 4.98 Å². The molecule has 0 unspecified atom stereocenters. The van der Waals surface area contributed by atoms with Crippen LogP contribution in [-0.2, 0) is 6.42 Å². The van der Waals surface area contributed by atoms with Crippen molar-refractivity contribution in [3.8, 4) is 0 Å². The molecule has 3 rings (SSSR count). The number of aromatic nitrogens is 2. The second kappa shape index (κ2) is 4.28. The van der Waals surface area contributed by atoms with Gasteiger partial charge in [-0.1, -0.05) is 6.07 Å². The van der Waals surface area contributed by atoms with Crippen molar-refractivity contribution in [3.05, 3.63) is 59.6 Å². The van der Waals surface area contributed by atoms with Gasteiger partial charge in [0, 0.05) is 5.69 Å². The molecule has 0 fully saturated rings. The Morgan fingerprint density at radius 1 is 1.37 bits per heavy atom. The van der Waals surface area contributed by atoms with Crippen LogP contribution in [0.5, 0.6) is 0 Å². The van der Waals surface area contributed by atoms with Crippen molar-refractivity contribution in [2.24, 2.45) is 0 Å². The van der Waals surface area contributed by atoms with Gasteiger partial charge in [0.05, 0.1) is 18.2 Å². The van der Waals surface area contributed by atoms with Crippen LogP contribution in [-0.4, -0.2) is 20.5 Å². The minimum atomic E-state index is -1.02. The zero-order valence-corrected chi connectivity index (χ0v) is 10.3. The first kappa shape index (κ1) is 11.5. The van der Waals surface area contributed by atoms with Gasteiger partial charge in [-0.25, -0.2) is 9.78 Å². The van der Waals surface area contributed by atoms with E-state index in [0.29, 0.717) is 17.8 Å². The van der Waals surface area contributed by atoms with E-state index in [-0.39, 0.29) is 5.69 Å². The van der Waals surface area contributed by atoms with E-state index in [1.165, 1.54) is 0 Å². The number of fused-ring (bicyclic) bond motifs is 1. The summed E-state index contributed by atoms with van der Waals surface area (Å²) in [6, 6.07) is 9.16. The van der Waals surface area contributed by atoms with Gasteiger partial charge in [-0.05, 0) is 31.2 Å². The van der Waals surface area contributed by atoms with Crippen LogP contribution in [0.25, 0.3) is 5.52 Å². The average molecular weight is 256 g/mol. The van der Waals surface area contributed by atoms with Crippen LogP contribution in [0.2, 0.25) is 0 Å². The van der Waals surface area contributed by atoms with E-state index in [1.807, 2.05) is 29.5 Å². The standard InChI is InChI=1S/C14H12N2O3/c1-9-4-2-6-11-13(14(17)18)15-12(16(9)11)8-10-5-3-7-19-10/h2-7H,8H2,1H3,(H,17,18). The number of aryl methyl sites for hydroxylation is 1. The van der Waals surface area contributed by atoms with Gasteiger partial charge < -0.3 is 9.52 Å². The van der Waals surface area contributed by atoms with Gasteiger partial charge in [0.25, 0.3) is 0 Å². The van der Waals surface area contributed by atoms with Crippen molar-refractivity contribution in [1.29, 1.82) is 0 Å². The molecule has 0 spiro atoms. The van der Waals surface area contributed by atoms with Crippen LogP contribution < -0.4 is 0 Å².